The number of carbonyl (C=O) groups is 1. The Balaban J connectivity index is 2.35. The van der Waals surface area contributed by atoms with Crippen molar-refractivity contribution in [3.05, 3.63) is 23.5 Å². The first-order valence-electron chi connectivity index (χ1n) is 3.95. The smallest absolute Gasteiger partial charge is 0.237 e. The van der Waals surface area contributed by atoms with Gasteiger partial charge in [-0.25, -0.2) is 5.84 Å². The van der Waals surface area contributed by atoms with Crippen molar-refractivity contribution in [3.8, 4) is 5.75 Å². The first kappa shape index (κ1) is 10.7. The van der Waals surface area contributed by atoms with E-state index in [1.54, 1.807) is 6.07 Å². The zero-order valence-electron chi connectivity index (χ0n) is 7.37. The van der Waals surface area contributed by atoms with Gasteiger partial charge in [0, 0.05) is 12.3 Å². The molecule has 0 aliphatic carbocycles. The summed E-state index contributed by atoms with van der Waals surface area (Å²) >= 11 is 5.67. The highest BCUT2D eigenvalue weighted by Gasteiger charge is 1.99. The van der Waals surface area contributed by atoms with Crippen molar-refractivity contribution in [1.82, 2.24) is 10.4 Å². The minimum Gasteiger partial charge on any atom is -0.491 e. The summed E-state index contributed by atoms with van der Waals surface area (Å²) in [6, 6.07) is 1.62. The van der Waals surface area contributed by atoms with Gasteiger partial charge < -0.3 is 4.74 Å². The van der Waals surface area contributed by atoms with E-state index in [2.05, 4.69) is 4.98 Å². The number of hydrazine groups is 1. The second kappa shape index (κ2) is 5.41. The van der Waals surface area contributed by atoms with E-state index in [0.29, 0.717) is 10.8 Å². The number of hydrogen-bond donors (Lipinski definition) is 2. The lowest BCUT2D eigenvalue weighted by Crippen LogP contribution is -2.31. The lowest BCUT2D eigenvalue weighted by molar-refractivity contribution is -0.121. The summed E-state index contributed by atoms with van der Waals surface area (Å²) in [7, 11) is 0. The number of halogens is 1. The highest BCUT2D eigenvalue weighted by Crippen LogP contribution is 2.14. The SMILES string of the molecule is NNC(=O)CCOc1cncc(Cl)c1. The van der Waals surface area contributed by atoms with Gasteiger partial charge in [-0.2, -0.15) is 0 Å². The molecule has 76 valence electrons. The molecule has 0 aliphatic rings. The third-order valence-electron chi connectivity index (χ3n) is 1.44. The van der Waals surface area contributed by atoms with Crippen molar-refractivity contribution >= 4 is 17.5 Å². The lowest BCUT2D eigenvalue weighted by atomic mass is 10.4. The van der Waals surface area contributed by atoms with E-state index in [9.17, 15) is 4.79 Å². The molecule has 0 saturated heterocycles. The van der Waals surface area contributed by atoms with Crippen LogP contribution in [0.15, 0.2) is 18.5 Å². The Bertz CT molecular complexity index is 319. The maximum atomic E-state index is 10.7. The van der Waals surface area contributed by atoms with Crippen LogP contribution in [0.25, 0.3) is 0 Å². The van der Waals surface area contributed by atoms with Crippen molar-refractivity contribution in [1.29, 1.82) is 0 Å². The van der Waals surface area contributed by atoms with E-state index in [1.807, 2.05) is 5.43 Å². The number of ether oxygens (including phenoxy) is 1. The number of carbonyl (C=O) groups excluding carboxylic acids is 1. The van der Waals surface area contributed by atoms with Gasteiger partial charge in [0.1, 0.15) is 5.75 Å². The fourth-order valence-corrected chi connectivity index (χ4v) is 0.969. The van der Waals surface area contributed by atoms with Gasteiger partial charge in [-0.15, -0.1) is 0 Å². The number of nitrogens with one attached hydrogen (secondary N) is 1. The standard InChI is InChI=1S/C8H10ClN3O2/c9-6-3-7(5-11-4-6)14-2-1-8(13)12-10/h3-5H,1-2,10H2,(H,12,13). The molecule has 0 bridgehead atoms. The third kappa shape index (κ3) is 3.59. The number of rotatable bonds is 4. The van der Waals surface area contributed by atoms with Crippen LogP contribution in [0.5, 0.6) is 5.75 Å². The van der Waals surface area contributed by atoms with Crippen LogP contribution in [0.3, 0.4) is 0 Å². The van der Waals surface area contributed by atoms with Crippen LogP contribution in [0, 0.1) is 0 Å². The Hall–Kier alpha value is -1.33. The summed E-state index contributed by atoms with van der Waals surface area (Å²) in [5, 5.41) is 0.491. The quantitative estimate of drug-likeness (QED) is 0.436. The van der Waals surface area contributed by atoms with Gasteiger partial charge in [0.15, 0.2) is 0 Å². The average Bonchev–Trinajstić information content (AvgIpc) is 2.17. The number of nitrogens with zero attached hydrogens (tertiary/aromatic N) is 1. The first-order chi connectivity index (χ1) is 6.72. The van der Waals surface area contributed by atoms with Gasteiger partial charge in [0.2, 0.25) is 5.91 Å². The van der Waals surface area contributed by atoms with Gasteiger partial charge in [-0.05, 0) is 0 Å². The molecule has 0 aromatic carbocycles. The zero-order chi connectivity index (χ0) is 10.4. The molecule has 1 aromatic heterocycles. The molecule has 0 radical (unpaired) electrons. The van der Waals surface area contributed by atoms with Crippen LogP contribution in [0.2, 0.25) is 5.02 Å². The van der Waals surface area contributed by atoms with Gasteiger partial charge in [0.25, 0.3) is 0 Å². The van der Waals surface area contributed by atoms with Crippen LogP contribution < -0.4 is 16.0 Å². The summed E-state index contributed by atoms with van der Waals surface area (Å²) in [4.78, 5) is 14.5. The van der Waals surface area contributed by atoms with Crippen molar-refractivity contribution < 1.29 is 9.53 Å². The Morgan fingerprint density at radius 1 is 1.64 bits per heavy atom. The van der Waals surface area contributed by atoms with E-state index < -0.39 is 0 Å². The largest absolute Gasteiger partial charge is 0.491 e. The summed E-state index contributed by atoms with van der Waals surface area (Å²) in [6.45, 7) is 0.241. The molecule has 0 unspecified atom stereocenters. The molecule has 1 rings (SSSR count). The number of hydrogen-bond acceptors (Lipinski definition) is 4. The highest BCUT2D eigenvalue weighted by molar-refractivity contribution is 6.30. The van der Waals surface area contributed by atoms with Crippen molar-refractivity contribution in [2.45, 2.75) is 6.42 Å². The van der Waals surface area contributed by atoms with Crippen molar-refractivity contribution in [2.75, 3.05) is 6.61 Å². The monoisotopic (exact) mass is 215 g/mol. The summed E-state index contributed by atoms with van der Waals surface area (Å²) in [6.07, 6.45) is 3.22. The number of amides is 1. The number of pyridine rings is 1. The molecular formula is C8H10ClN3O2. The molecule has 5 nitrogen and oxygen atoms in total. The zero-order valence-corrected chi connectivity index (χ0v) is 8.12. The molecule has 1 aromatic rings. The van der Waals surface area contributed by atoms with Gasteiger partial charge in [-0.3, -0.25) is 15.2 Å². The molecular weight excluding hydrogens is 206 g/mol. The Morgan fingerprint density at radius 3 is 3.07 bits per heavy atom. The molecule has 14 heavy (non-hydrogen) atoms. The summed E-state index contributed by atoms with van der Waals surface area (Å²) < 4.78 is 5.20. The maximum absolute atomic E-state index is 10.7. The molecule has 0 saturated carbocycles. The normalized spacial score (nSPS) is 9.57. The van der Waals surface area contributed by atoms with Gasteiger partial charge in [-0.1, -0.05) is 11.6 Å². The summed E-state index contributed by atoms with van der Waals surface area (Å²) in [5.41, 5.74) is 2.00. The second-order valence-electron chi connectivity index (χ2n) is 2.50. The van der Waals surface area contributed by atoms with Crippen molar-refractivity contribution in [3.63, 3.8) is 0 Å². The van der Waals surface area contributed by atoms with E-state index in [-0.39, 0.29) is 18.9 Å². The first-order valence-corrected chi connectivity index (χ1v) is 4.33. The van der Waals surface area contributed by atoms with Crippen LogP contribution in [0.4, 0.5) is 0 Å². The average molecular weight is 216 g/mol. The van der Waals surface area contributed by atoms with E-state index >= 15 is 0 Å². The van der Waals surface area contributed by atoms with Crippen LogP contribution in [0.1, 0.15) is 6.42 Å². The Morgan fingerprint density at radius 2 is 2.43 bits per heavy atom. The Labute approximate surface area is 86.2 Å². The highest BCUT2D eigenvalue weighted by atomic mass is 35.5. The minimum atomic E-state index is -0.278. The van der Waals surface area contributed by atoms with E-state index in [1.165, 1.54) is 12.4 Å². The molecule has 0 aliphatic heterocycles. The topological polar surface area (TPSA) is 77.2 Å². The maximum Gasteiger partial charge on any atom is 0.237 e. The van der Waals surface area contributed by atoms with E-state index in [4.69, 9.17) is 22.2 Å². The predicted octanol–water partition coefficient (Wildman–Crippen LogP) is 0.494. The van der Waals surface area contributed by atoms with E-state index in [0.717, 1.165) is 0 Å². The molecule has 0 spiro atoms. The lowest BCUT2D eigenvalue weighted by Gasteiger charge is -2.04. The van der Waals surface area contributed by atoms with Gasteiger partial charge in [0.05, 0.1) is 24.2 Å². The molecule has 3 N–H and O–H groups in total. The molecule has 0 fully saturated rings. The van der Waals surface area contributed by atoms with Gasteiger partial charge >= 0.3 is 0 Å². The van der Waals surface area contributed by atoms with Crippen LogP contribution in [-0.2, 0) is 4.79 Å². The number of nitrogens with two attached hydrogens (primary N) is 1. The molecule has 0 atom stereocenters. The fraction of sp³-hybridized carbons (Fsp3) is 0.250. The minimum absolute atomic E-state index is 0.197. The molecule has 1 heterocycles. The van der Waals surface area contributed by atoms with Crippen LogP contribution in [-0.4, -0.2) is 17.5 Å². The molecule has 1 amide bonds. The van der Waals surface area contributed by atoms with Crippen molar-refractivity contribution in [2.24, 2.45) is 5.84 Å². The summed E-state index contributed by atoms with van der Waals surface area (Å²) in [5.74, 6) is 5.14. The Kier molecular flexibility index (Phi) is 4.15. The fourth-order valence-electron chi connectivity index (χ4n) is 0.805. The van der Waals surface area contributed by atoms with Crippen LogP contribution >= 0.6 is 11.6 Å². The number of aromatic nitrogens is 1. The molecule has 6 heteroatoms. The third-order valence-corrected chi connectivity index (χ3v) is 1.65. The second-order valence-corrected chi connectivity index (χ2v) is 2.94. The predicted molar refractivity (Wildman–Crippen MR) is 51.7 cm³/mol.